The molecule has 0 aromatic heterocycles. The van der Waals surface area contributed by atoms with Crippen LogP contribution in [0, 0.1) is 17.8 Å². The smallest absolute Gasteiger partial charge is 0.308 e. The number of thioether (sulfide) groups is 1. The minimum Gasteiger partial charge on any atom is -0.469 e. The molecule has 0 aromatic carbocycles. The number of fused-ring (bicyclic) bond motifs is 2. The molecule has 0 heterocycles. The van der Waals surface area contributed by atoms with E-state index in [0.29, 0.717) is 0 Å². The normalized spacial score (nSPS) is 38.1. The van der Waals surface area contributed by atoms with Gasteiger partial charge in [0.05, 0.1) is 13.0 Å². The molecule has 0 radical (unpaired) electrons. The van der Waals surface area contributed by atoms with Gasteiger partial charge in [0.15, 0.2) is 0 Å². The predicted octanol–water partition coefficient (Wildman–Crippen LogP) is 3.11. The van der Waals surface area contributed by atoms with Gasteiger partial charge in [-0.05, 0) is 43.3 Å². The summed E-state index contributed by atoms with van der Waals surface area (Å²) in [5, 5.41) is 0.819. The zero-order valence-electron chi connectivity index (χ0n) is 10.3. The summed E-state index contributed by atoms with van der Waals surface area (Å²) in [4.78, 5) is 11.6. The number of rotatable bonds is 3. The molecule has 2 unspecified atom stereocenters. The molecule has 0 amide bonds. The Labute approximate surface area is 103 Å². The van der Waals surface area contributed by atoms with Crippen molar-refractivity contribution in [1.82, 2.24) is 0 Å². The number of ether oxygens (including phenoxy) is 1. The maximum absolute atomic E-state index is 11.6. The standard InChI is InChI=1S/C13H22O2S/c1-3-16-12-9-5-4-6-10(12)8-11(7-9)13(14)15-2/h9-12H,3-8H2,1-2H3. The molecule has 2 aliphatic rings. The van der Waals surface area contributed by atoms with Crippen molar-refractivity contribution in [3.8, 4) is 0 Å². The Morgan fingerprint density at radius 2 is 1.94 bits per heavy atom. The van der Waals surface area contributed by atoms with Crippen molar-refractivity contribution >= 4 is 17.7 Å². The number of carbonyl (C=O) groups excluding carboxylic acids is 1. The van der Waals surface area contributed by atoms with E-state index in [9.17, 15) is 4.79 Å². The fraction of sp³-hybridized carbons (Fsp3) is 0.923. The van der Waals surface area contributed by atoms with Crippen LogP contribution in [0.3, 0.4) is 0 Å². The fourth-order valence-corrected chi connectivity index (χ4v) is 4.93. The van der Waals surface area contributed by atoms with Gasteiger partial charge in [-0.25, -0.2) is 0 Å². The lowest BCUT2D eigenvalue weighted by atomic mass is 9.67. The van der Waals surface area contributed by atoms with Crippen LogP contribution in [-0.4, -0.2) is 24.1 Å². The second kappa shape index (κ2) is 5.44. The lowest BCUT2D eigenvalue weighted by Crippen LogP contribution is -2.41. The molecule has 16 heavy (non-hydrogen) atoms. The maximum Gasteiger partial charge on any atom is 0.308 e. The van der Waals surface area contributed by atoms with E-state index in [1.54, 1.807) is 0 Å². The number of hydrogen-bond donors (Lipinski definition) is 0. The summed E-state index contributed by atoms with van der Waals surface area (Å²) < 4.78 is 4.90. The van der Waals surface area contributed by atoms with Gasteiger partial charge in [0.1, 0.15) is 0 Å². The zero-order valence-corrected chi connectivity index (χ0v) is 11.1. The molecule has 2 bridgehead atoms. The average molecular weight is 242 g/mol. The minimum atomic E-state index is 0.0249. The summed E-state index contributed by atoms with van der Waals surface area (Å²) >= 11 is 2.11. The molecule has 92 valence electrons. The summed E-state index contributed by atoms with van der Waals surface area (Å²) in [7, 11) is 1.52. The topological polar surface area (TPSA) is 26.3 Å². The molecular formula is C13H22O2S. The van der Waals surface area contributed by atoms with E-state index in [1.165, 1.54) is 32.1 Å². The molecule has 0 aromatic rings. The summed E-state index contributed by atoms with van der Waals surface area (Å²) in [6.45, 7) is 2.24. The Morgan fingerprint density at radius 3 is 2.44 bits per heavy atom. The molecule has 2 fully saturated rings. The Kier molecular flexibility index (Phi) is 4.17. The van der Waals surface area contributed by atoms with Gasteiger partial charge >= 0.3 is 5.97 Å². The molecule has 2 rings (SSSR count). The van der Waals surface area contributed by atoms with Gasteiger partial charge in [-0.2, -0.15) is 11.8 Å². The van der Waals surface area contributed by atoms with Crippen LogP contribution in [0.5, 0.6) is 0 Å². The monoisotopic (exact) mass is 242 g/mol. The van der Waals surface area contributed by atoms with Gasteiger partial charge < -0.3 is 4.74 Å². The Morgan fingerprint density at radius 1 is 1.31 bits per heavy atom. The second-order valence-corrected chi connectivity index (χ2v) is 6.52. The van der Waals surface area contributed by atoms with E-state index in [2.05, 4.69) is 18.7 Å². The number of hydrogen-bond acceptors (Lipinski definition) is 3. The first-order valence-corrected chi connectivity index (χ1v) is 7.50. The van der Waals surface area contributed by atoms with E-state index in [-0.39, 0.29) is 11.9 Å². The Bertz CT molecular complexity index is 240. The van der Waals surface area contributed by atoms with Crippen LogP contribution in [0.25, 0.3) is 0 Å². The highest BCUT2D eigenvalue weighted by Gasteiger charge is 2.42. The van der Waals surface area contributed by atoms with Crippen molar-refractivity contribution in [1.29, 1.82) is 0 Å². The van der Waals surface area contributed by atoms with E-state index >= 15 is 0 Å². The van der Waals surface area contributed by atoms with Crippen molar-refractivity contribution < 1.29 is 9.53 Å². The van der Waals surface area contributed by atoms with Crippen LogP contribution >= 0.6 is 11.8 Å². The molecule has 0 spiro atoms. The van der Waals surface area contributed by atoms with Crippen LogP contribution < -0.4 is 0 Å². The lowest BCUT2D eigenvalue weighted by Gasteiger charge is -2.44. The van der Waals surface area contributed by atoms with Gasteiger partial charge in [-0.15, -0.1) is 0 Å². The van der Waals surface area contributed by atoms with Crippen LogP contribution in [0.4, 0.5) is 0 Å². The summed E-state index contributed by atoms with van der Waals surface area (Å²) in [5.41, 5.74) is 0. The minimum absolute atomic E-state index is 0.0249. The summed E-state index contributed by atoms with van der Waals surface area (Å²) in [6.07, 6.45) is 6.15. The van der Waals surface area contributed by atoms with Crippen molar-refractivity contribution in [3.05, 3.63) is 0 Å². The first kappa shape index (κ1) is 12.3. The largest absolute Gasteiger partial charge is 0.469 e. The number of methoxy groups -OCH3 is 1. The molecule has 0 saturated heterocycles. The van der Waals surface area contributed by atoms with Gasteiger partial charge in [-0.3, -0.25) is 4.79 Å². The molecular weight excluding hydrogens is 220 g/mol. The third kappa shape index (κ3) is 2.39. The van der Waals surface area contributed by atoms with E-state index in [1.807, 2.05) is 0 Å². The first-order chi connectivity index (χ1) is 7.76. The Hall–Kier alpha value is -0.180. The van der Waals surface area contributed by atoms with Gasteiger partial charge in [-0.1, -0.05) is 13.3 Å². The number of carbonyl (C=O) groups is 1. The SMILES string of the molecule is CCSC1C2CCCC1CC(C(=O)OC)C2. The van der Waals surface area contributed by atoms with Crippen molar-refractivity contribution in [3.63, 3.8) is 0 Å². The van der Waals surface area contributed by atoms with Crippen molar-refractivity contribution in [2.45, 2.75) is 44.3 Å². The molecule has 3 heteroatoms. The molecule has 0 aliphatic heterocycles. The highest BCUT2D eigenvalue weighted by molar-refractivity contribution is 7.99. The highest BCUT2D eigenvalue weighted by Crippen LogP contribution is 2.48. The van der Waals surface area contributed by atoms with Gasteiger partial charge in [0.2, 0.25) is 0 Å². The predicted molar refractivity (Wildman–Crippen MR) is 67.5 cm³/mol. The van der Waals surface area contributed by atoms with Crippen molar-refractivity contribution in [2.24, 2.45) is 17.8 Å². The van der Waals surface area contributed by atoms with Crippen molar-refractivity contribution in [2.75, 3.05) is 12.9 Å². The maximum atomic E-state index is 11.6. The second-order valence-electron chi connectivity index (χ2n) is 5.06. The third-order valence-electron chi connectivity index (χ3n) is 4.15. The summed E-state index contributed by atoms with van der Waals surface area (Å²) in [5.74, 6) is 2.95. The summed E-state index contributed by atoms with van der Waals surface area (Å²) in [6, 6.07) is 0. The highest BCUT2D eigenvalue weighted by atomic mass is 32.2. The first-order valence-electron chi connectivity index (χ1n) is 6.45. The average Bonchev–Trinajstić information content (AvgIpc) is 2.28. The quantitative estimate of drug-likeness (QED) is 0.711. The molecule has 2 aliphatic carbocycles. The van der Waals surface area contributed by atoms with Gasteiger partial charge in [0.25, 0.3) is 0 Å². The van der Waals surface area contributed by atoms with Crippen LogP contribution in [-0.2, 0) is 9.53 Å². The van der Waals surface area contributed by atoms with E-state index in [0.717, 1.165) is 29.9 Å². The van der Waals surface area contributed by atoms with E-state index < -0.39 is 0 Å². The van der Waals surface area contributed by atoms with Crippen LogP contribution in [0.2, 0.25) is 0 Å². The lowest BCUT2D eigenvalue weighted by molar-refractivity contribution is -0.148. The fourth-order valence-electron chi connectivity index (χ4n) is 3.51. The van der Waals surface area contributed by atoms with Crippen LogP contribution in [0.1, 0.15) is 39.0 Å². The molecule has 2 nitrogen and oxygen atoms in total. The van der Waals surface area contributed by atoms with Gasteiger partial charge in [0, 0.05) is 5.25 Å². The molecule has 2 atom stereocenters. The molecule has 2 saturated carbocycles. The van der Waals surface area contributed by atoms with E-state index in [4.69, 9.17) is 4.74 Å². The number of esters is 1. The van der Waals surface area contributed by atoms with Crippen LogP contribution in [0.15, 0.2) is 0 Å². The zero-order chi connectivity index (χ0) is 11.5. The Balaban J connectivity index is 2.02. The molecule has 0 N–H and O–H groups in total. The third-order valence-corrected chi connectivity index (χ3v) is 5.64.